The smallest absolute Gasteiger partial charge is 0.142 e. The molecular weight excluding hydrogens is 250 g/mol. The Hall–Kier alpha value is -1.16. The van der Waals surface area contributed by atoms with Crippen LogP contribution in [0, 0.1) is 12.8 Å². The van der Waals surface area contributed by atoms with Gasteiger partial charge in [0.05, 0.1) is 5.69 Å². The standard InChI is InChI=1S/C16H25N3O/c1-4-19-15(7-11(2)17-19)10-16(20)12-8-13-5-6-14(9-12)18(13)3/h7,12-14H,4-6,8-10H2,1-3H3. The Bertz CT molecular complexity index is 494. The molecule has 2 saturated heterocycles. The zero-order valence-electron chi connectivity index (χ0n) is 12.8. The maximum atomic E-state index is 12.6. The molecule has 1 aromatic rings. The van der Waals surface area contributed by atoms with Crippen LogP contribution in [0.2, 0.25) is 0 Å². The lowest BCUT2D eigenvalue weighted by Crippen LogP contribution is -2.42. The van der Waals surface area contributed by atoms with E-state index in [0.29, 0.717) is 24.3 Å². The molecule has 0 amide bonds. The van der Waals surface area contributed by atoms with Gasteiger partial charge >= 0.3 is 0 Å². The van der Waals surface area contributed by atoms with Gasteiger partial charge in [0.25, 0.3) is 0 Å². The summed E-state index contributed by atoms with van der Waals surface area (Å²) in [6.07, 6.45) is 5.23. The van der Waals surface area contributed by atoms with Crippen LogP contribution in [0.1, 0.15) is 44.0 Å². The van der Waals surface area contributed by atoms with Gasteiger partial charge in [-0.15, -0.1) is 0 Å². The number of aromatic nitrogens is 2. The van der Waals surface area contributed by atoms with Crippen molar-refractivity contribution >= 4 is 5.78 Å². The topological polar surface area (TPSA) is 38.1 Å². The molecule has 0 spiro atoms. The molecule has 0 aromatic carbocycles. The van der Waals surface area contributed by atoms with Gasteiger partial charge in [-0.1, -0.05) is 0 Å². The van der Waals surface area contributed by atoms with Gasteiger partial charge in [0.1, 0.15) is 5.78 Å². The zero-order valence-corrected chi connectivity index (χ0v) is 12.8. The highest BCUT2D eigenvalue weighted by Gasteiger charge is 2.40. The van der Waals surface area contributed by atoms with Crippen LogP contribution in [-0.2, 0) is 17.8 Å². The van der Waals surface area contributed by atoms with Crippen molar-refractivity contribution < 1.29 is 4.79 Å². The number of Topliss-reactive ketones (excluding diaryl/α,β-unsaturated/α-hetero) is 1. The first-order valence-corrected chi connectivity index (χ1v) is 7.86. The summed E-state index contributed by atoms with van der Waals surface area (Å²) in [5.74, 6) is 0.689. The quantitative estimate of drug-likeness (QED) is 0.845. The minimum atomic E-state index is 0.268. The molecule has 3 heterocycles. The van der Waals surface area contributed by atoms with E-state index in [9.17, 15) is 4.79 Å². The number of hydrogen-bond donors (Lipinski definition) is 0. The summed E-state index contributed by atoms with van der Waals surface area (Å²) in [7, 11) is 2.22. The van der Waals surface area contributed by atoms with Crippen molar-refractivity contribution in [3.8, 4) is 0 Å². The molecule has 0 N–H and O–H groups in total. The van der Waals surface area contributed by atoms with Crippen molar-refractivity contribution in [2.45, 2.75) is 64.6 Å². The summed E-state index contributed by atoms with van der Waals surface area (Å²) < 4.78 is 1.97. The number of hydrogen-bond acceptors (Lipinski definition) is 3. The molecule has 2 bridgehead atoms. The van der Waals surface area contributed by atoms with Crippen LogP contribution in [0.25, 0.3) is 0 Å². The highest BCUT2D eigenvalue weighted by Crippen LogP contribution is 2.38. The van der Waals surface area contributed by atoms with Gasteiger partial charge in [0.2, 0.25) is 0 Å². The molecule has 3 rings (SSSR count). The summed E-state index contributed by atoms with van der Waals surface area (Å²) in [4.78, 5) is 15.1. The van der Waals surface area contributed by atoms with E-state index in [1.54, 1.807) is 0 Å². The molecule has 0 radical (unpaired) electrons. The molecule has 4 heteroatoms. The SMILES string of the molecule is CCn1nc(C)cc1CC(=O)C1CC2CCC(C1)N2C. The fraction of sp³-hybridized carbons (Fsp3) is 0.750. The number of nitrogens with zero attached hydrogens (tertiary/aromatic N) is 3. The first kappa shape index (κ1) is 13.8. The summed E-state index contributed by atoms with van der Waals surface area (Å²) in [6.45, 7) is 4.92. The highest BCUT2D eigenvalue weighted by molar-refractivity contribution is 5.83. The van der Waals surface area contributed by atoms with Gasteiger partial charge in [-0.2, -0.15) is 5.10 Å². The number of fused-ring (bicyclic) bond motifs is 2. The van der Waals surface area contributed by atoms with Crippen LogP contribution in [-0.4, -0.2) is 39.6 Å². The largest absolute Gasteiger partial charge is 0.300 e. The summed E-state index contributed by atoms with van der Waals surface area (Å²) in [5, 5.41) is 4.44. The second-order valence-electron chi connectivity index (χ2n) is 6.45. The van der Waals surface area contributed by atoms with Crippen molar-refractivity contribution in [1.82, 2.24) is 14.7 Å². The van der Waals surface area contributed by atoms with Crippen LogP contribution >= 0.6 is 0 Å². The molecule has 0 aliphatic carbocycles. The zero-order chi connectivity index (χ0) is 14.3. The van der Waals surface area contributed by atoms with E-state index in [0.717, 1.165) is 30.8 Å². The van der Waals surface area contributed by atoms with Crippen LogP contribution in [0.4, 0.5) is 0 Å². The predicted octanol–water partition coefficient (Wildman–Crippen LogP) is 2.20. The number of rotatable bonds is 4. The maximum absolute atomic E-state index is 12.6. The Balaban J connectivity index is 1.68. The van der Waals surface area contributed by atoms with Crippen LogP contribution in [0.5, 0.6) is 0 Å². The molecule has 20 heavy (non-hydrogen) atoms. The number of ketones is 1. The predicted molar refractivity (Wildman–Crippen MR) is 78.6 cm³/mol. The maximum Gasteiger partial charge on any atom is 0.142 e. The summed E-state index contributed by atoms with van der Waals surface area (Å²) in [6, 6.07) is 3.34. The third-order valence-corrected chi connectivity index (χ3v) is 5.19. The van der Waals surface area contributed by atoms with E-state index in [-0.39, 0.29) is 5.92 Å². The molecule has 2 unspecified atom stereocenters. The number of aryl methyl sites for hydroxylation is 2. The minimum absolute atomic E-state index is 0.268. The third-order valence-electron chi connectivity index (χ3n) is 5.19. The van der Waals surface area contributed by atoms with E-state index in [1.807, 2.05) is 11.6 Å². The average molecular weight is 275 g/mol. The van der Waals surface area contributed by atoms with Gasteiger partial charge in [0.15, 0.2) is 0 Å². The van der Waals surface area contributed by atoms with Gasteiger partial charge < -0.3 is 4.90 Å². The third kappa shape index (κ3) is 2.41. The van der Waals surface area contributed by atoms with E-state index >= 15 is 0 Å². The average Bonchev–Trinajstić information content (AvgIpc) is 2.85. The molecule has 2 fully saturated rings. The molecule has 4 nitrogen and oxygen atoms in total. The Labute approximate surface area is 121 Å². The summed E-state index contributed by atoms with van der Waals surface area (Å²) in [5.41, 5.74) is 2.10. The Kier molecular flexibility index (Phi) is 3.67. The van der Waals surface area contributed by atoms with E-state index < -0.39 is 0 Å². The molecule has 0 saturated carbocycles. The fourth-order valence-electron chi connectivity index (χ4n) is 4.01. The van der Waals surface area contributed by atoms with Crippen LogP contribution < -0.4 is 0 Å². The van der Waals surface area contributed by atoms with Gasteiger partial charge in [0, 0.05) is 36.7 Å². The Morgan fingerprint density at radius 1 is 1.35 bits per heavy atom. The minimum Gasteiger partial charge on any atom is -0.300 e. The Morgan fingerprint density at radius 3 is 2.60 bits per heavy atom. The lowest BCUT2D eigenvalue weighted by molar-refractivity contribution is -0.124. The second-order valence-corrected chi connectivity index (χ2v) is 6.45. The molecule has 1 aromatic heterocycles. The molecule has 2 atom stereocenters. The van der Waals surface area contributed by atoms with Crippen molar-refractivity contribution in [2.24, 2.45) is 5.92 Å². The van der Waals surface area contributed by atoms with Crippen LogP contribution in [0.15, 0.2) is 6.07 Å². The number of carbonyl (C=O) groups is 1. The normalized spacial score (nSPS) is 29.9. The van der Waals surface area contributed by atoms with E-state index in [4.69, 9.17) is 0 Å². The van der Waals surface area contributed by atoms with Gasteiger partial charge in [-0.25, -0.2) is 0 Å². The van der Waals surface area contributed by atoms with Crippen molar-refractivity contribution in [2.75, 3.05) is 7.05 Å². The molecule has 110 valence electrons. The lowest BCUT2D eigenvalue weighted by atomic mass is 9.86. The monoisotopic (exact) mass is 275 g/mol. The van der Waals surface area contributed by atoms with E-state index in [2.05, 4.69) is 30.0 Å². The van der Waals surface area contributed by atoms with Crippen molar-refractivity contribution in [1.29, 1.82) is 0 Å². The number of carbonyl (C=O) groups excluding carboxylic acids is 1. The summed E-state index contributed by atoms with van der Waals surface area (Å²) >= 11 is 0. The fourth-order valence-corrected chi connectivity index (χ4v) is 4.01. The number of piperidine rings is 1. The van der Waals surface area contributed by atoms with Crippen molar-refractivity contribution in [3.63, 3.8) is 0 Å². The first-order valence-electron chi connectivity index (χ1n) is 7.86. The first-order chi connectivity index (χ1) is 9.58. The van der Waals surface area contributed by atoms with Crippen LogP contribution in [0.3, 0.4) is 0 Å². The Morgan fingerprint density at radius 2 is 2.00 bits per heavy atom. The molecular formula is C16H25N3O. The molecule has 2 aliphatic rings. The highest BCUT2D eigenvalue weighted by atomic mass is 16.1. The molecule has 2 aliphatic heterocycles. The second kappa shape index (κ2) is 5.32. The van der Waals surface area contributed by atoms with Gasteiger partial charge in [-0.3, -0.25) is 9.48 Å². The van der Waals surface area contributed by atoms with Gasteiger partial charge in [-0.05, 0) is 52.6 Å². The van der Waals surface area contributed by atoms with Crippen molar-refractivity contribution in [3.05, 3.63) is 17.5 Å². The lowest BCUT2D eigenvalue weighted by Gasteiger charge is -2.35. The van der Waals surface area contributed by atoms with E-state index in [1.165, 1.54) is 12.8 Å².